The number of amides is 1. The zero-order chi connectivity index (χ0) is 10.1. The van der Waals surface area contributed by atoms with E-state index in [0.29, 0.717) is 0 Å². The standard InChI is InChI=1S/C11H15NO/c1-4-6-7-10(5-2)8-9-11(13)12-3/h4-9H,1H2,2-3H3,(H,12,13)/b7-6-,9-8+,10-5+. The Kier molecular flexibility index (Phi) is 6.24. The molecule has 0 bridgehead atoms. The molecule has 2 nitrogen and oxygen atoms in total. The first-order valence-corrected chi connectivity index (χ1v) is 4.09. The predicted octanol–water partition coefficient (Wildman–Crippen LogP) is 1.98. The molecule has 1 amide bonds. The zero-order valence-corrected chi connectivity index (χ0v) is 8.08. The number of allylic oxidation sites excluding steroid dienone is 6. The number of rotatable bonds is 4. The highest BCUT2D eigenvalue weighted by Crippen LogP contribution is 1.98. The number of carbonyl (C=O) groups excluding carboxylic acids is 1. The maximum absolute atomic E-state index is 10.8. The van der Waals surface area contributed by atoms with Crippen molar-refractivity contribution in [2.24, 2.45) is 0 Å². The minimum absolute atomic E-state index is 0.105. The minimum atomic E-state index is -0.105. The number of hydrogen-bond acceptors (Lipinski definition) is 1. The second kappa shape index (κ2) is 7.10. The van der Waals surface area contributed by atoms with Crippen molar-refractivity contribution in [3.63, 3.8) is 0 Å². The maximum Gasteiger partial charge on any atom is 0.243 e. The van der Waals surface area contributed by atoms with Crippen LogP contribution in [-0.4, -0.2) is 13.0 Å². The first-order chi connectivity index (χ1) is 6.24. The van der Waals surface area contributed by atoms with E-state index in [1.807, 2.05) is 25.2 Å². The third kappa shape index (κ3) is 5.67. The van der Waals surface area contributed by atoms with Gasteiger partial charge in [-0.3, -0.25) is 4.79 Å². The van der Waals surface area contributed by atoms with Crippen molar-refractivity contribution in [2.45, 2.75) is 6.92 Å². The van der Waals surface area contributed by atoms with E-state index in [9.17, 15) is 4.79 Å². The van der Waals surface area contributed by atoms with Gasteiger partial charge in [-0.25, -0.2) is 0 Å². The molecule has 0 rings (SSSR count). The van der Waals surface area contributed by atoms with E-state index in [1.165, 1.54) is 6.08 Å². The van der Waals surface area contributed by atoms with Crippen molar-refractivity contribution in [1.82, 2.24) is 5.32 Å². The largest absolute Gasteiger partial charge is 0.356 e. The van der Waals surface area contributed by atoms with E-state index in [4.69, 9.17) is 0 Å². The summed E-state index contributed by atoms with van der Waals surface area (Å²) < 4.78 is 0. The molecular formula is C11H15NO. The molecule has 70 valence electrons. The quantitative estimate of drug-likeness (QED) is 0.516. The lowest BCUT2D eigenvalue weighted by Crippen LogP contribution is -2.13. The van der Waals surface area contributed by atoms with Gasteiger partial charge in [0.15, 0.2) is 0 Å². The van der Waals surface area contributed by atoms with E-state index in [1.54, 1.807) is 19.2 Å². The van der Waals surface area contributed by atoms with Crippen LogP contribution in [0.25, 0.3) is 0 Å². The first kappa shape index (κ1) is 11.4. The third-order valence-corrected chi connectivity index (χ3v) is 1.43. The number of hydrogen-bond donors (Lipinski definition) is 1. The molecule has 0 aliphatic carbocycles. The molecule has 0 spiro atoms. The molecule has 0 saturated carbocycles. The van der Waals surface area contributed by atoms with Crippen molar-refractivity contribution in [3.05, 3.63) is 48.6 Å². The van der Waals surface area contributed by atoms with Gasteiger partial charge in [0.1, 0.15) is 0 Å². The van der Waals surface area contributed by atoms with E-state index < -0.39 is 0 Å². The van der Waals surface area contributed by atoms with Gasteiger partial charge in [0, 0.05) is 13.1 Å². The van der Waals surface area contributed by atoms with Crippen molar-refractivity contribution >= 4 is 5.91 Å². The molecule has 0 aliphatic heterocycles. The van der Waals surface area contributed by atoms with Crippen LogP contribution in [0.15, 0.2) is 48.6 Å². The highest BCUT2D eigenvalue weighted by Gasteiger charge is 1.88. The van der Waals surface area contributed by atoms with Crippen molar-refractivity contribution in [2.75, 3.05) is 7.05 Å². The molecular weight excluding hydrogens is 162 g/mol. The molecule has 2 heteroatoms. The monoisotopic (exact) mass is 177 g/mol. The summed E-state index contributed by atoms with van der Waals surface area (Å²) in [5.74, 6) is -0.105. The van der Waals surface area contributed by atoms with Crippen LogP contribution in [0.2, 0.25) is 0 Å². The molecule has 0 saturated heterocycles. The van der Waals surface area contributed by atoms with Crippen molar-refractivity contribution in [1.29, 1.82) is 0 Å². The Bertz CT molecular complexity index is 259. The molecule has 13 heavy (non-hydrogen) atoms. The SMILES string of the molecule is C=C\C=C/C(/C=C/C(=O)NC)=C\C. The van der Waals surface area contributed by atoms with E-state index in [2.05, 4.69) is 11.9 Å². The predicted molar refractivity (Wildman–Crippen MR) is 56.3 cm³/mol. The summed E-state index contributed by atoms with van der Waals surface area (Å²) in [5, 5.41) is 2.50. The summed E-state index contributed by atoms with van der Waals surface area (Å²) in [6, 6.07) is 0. The molecule has 0 radical (unpaired) electrons. The Morgan fingerprint density at radius 2 is 2.00 bits per heavy atom. The molecule has 0 aromatic heterocycles. The average Bonchev–Trinajstić information content (AvgIpc) is 2.17. The number of nitrogens with one attached hydrogen (secondary N) is 1. The first-order valence-electron chi connectivity index (χ1n) is 4.09. The summed E-state index contributed by atoms with van der Waals surface area (Å²) in [6.45, 7) is 5.47. The van der Waals surface area contributed by atoms with Crippen LogP contribution >= 0.6 is 0 Å². The number of carbonyl (C=O) groups is 1. The van der Waals surface area contributed by atoms with Gasteiger partial charge in [-0.1, -0.05) is 30.9 Å². The van der Waals surface area contributed by atoms with Crippen LogP contribution in [0.5, 0.6) is 0 Å². The van der Waals surface area contributed by atoms with E-state index in [0.717, 1.165) is 5.57 Å². The average molecular weight is 177 g/mol. The molecule has 0 aromatic rings. The lowest BCUT2D eigenvalue weighted by Gasteiger charge is -1.91. The maximum atomic E-state index is 10.8. The Balaban J connectivity index is 4.30. The summed E-state index contributed by atoms with van der Waals surface area (Å²) >= 11 is 0. The topological polar surface area (TPSA) is 29.1 Å². The van der Waals surface area contributed by atoms with Gasteiger partial charge in [-0.05, 0) is 18.6 Å². The normalized spacial score (nSPS) is 12.3. The van der Waals surface area contributed by atoms with Gasteiger partial charge in [-0.15, -0.1) is 0 Å². The Hall–Kier alpha value is -1.57. The van der Waals surface area contributed by atoms with Crippen LogP contribution in [-0.2, 0) is 4.79 Å². The summed E-state index contributed by atoms with van der Waals surface area (Å²) in [5.41, 5.74) is 0.975. The van der Waals surface area contributed by atoms with Gasteiger partial charge >= 0.3 is 0 Å². The fourth-order valence-electron chi connectivity index (χ4n) is 0.682. The van der Waals surface area contributed by atoms with Gasteiger partial charge < -0.3 is 5.32 Å². The van der Waals surface area contributed by atoms with Crippen LogP contribution < -0.4 is 5.32 Å². The minimum Gasteiger partial charge on any atom is -0.356 e. The zero-order valence-electron chi connectivity index (χ0n) is 8.08. The third-order valence-electron chi connectivity index (χ3n) is 1.43. The Morgan fingerprint density at radius 1 is 1.31 bits per heavy atom. The Morgan fingerprint density at radius 3 is 2.46 bits per heavy atom. The fraction of sp³-hybridized carbons (Fsp3) is 0.182. The second-order valence-electron chi connectivity index (χ2n) is 2.33. The van der Waals surface area contributed by atoms with Gasteiger partial charge in [-0.2, -0.15) is 0 Å². The van der Waals surface area contributed by atoms with Crippen LogP contribution in [0.1, 0.15) is 6.92 Å². The molecule has 0 unspecified atom stereocenters. The highest BCUT2D eigenvalue weighted by atomic mass is 16.1. The lowest BCUT2D eigenvalue weighted by atomic mass is 10.2. The van der Waals surface area contributed by atoms with Crippen LogP contribution in [0.4, 0.5) is 0 Å². The highest BCUT2D eigenvalue weighted by molar-refractivity contribution is 5.87. The van der Waals surface area contributed by atoms with E-state index in [-0.39, 0.29) is 5.91 Å². The summed E-state index contributed by atoms with van der Waals surface area (Å²) in [7, 11) is 1.60. The lowest BCUT2D eigenvalue weighted by molar-refractivity contribution is -0.116. The van der Waals surface area contributed by atoms with Crippen molar-refractivity contribution < 1.29 is 4.79 Å². The van der Waals surface area contributed by atoms with Gasteiger partial charge in [0.05, 0.1) is 0 Å². The second-order valence-corrected chi connectivity index (χ2v) is 2.33. The molecule has 0 aromatic carbocycles. The molecule has 0 atom stereocenters. The van der Waals surface area contributed by atoms with E-state index >= 15 is 0 Å². The van der Waals surface area contributed by atoms with Crippen molar-refractivity contribution in [3.8, 4) is 0 Å². The van der Waals surface area contributed by atoms with Crippen LogP contribution in [0.3, 0.4) is 0 Å². The summed E-state index contributed by atoms with van der Waals surface area (Å²) in [4.78, 5) is 10.8. The molecule has 1 N–H and O–H groups in total. The van der Waals surface area contributed by atoms with Gasteiger partial charge in [0.25, 0.3) is 0 Å². The number of likely N-dealkylation sites (N-methyl/N-ethyl adjacent to an activating group) is 1. The smallest absolute Gasteiger partial charge is 0.243 e. The summed E-state index contributed by atoms with van der Waals surface area (Å²) in [6.07, 6.45) is 10.5. The van der Waals surface area contributed by atoms with Crippen LogP contribution in [0, 0.1) is 0 Å². The molecule has 0 fully saturated rings. The fourth-order valence-corrected chi connectivity index (χ4v) is 0.682. The molecule has 0 heterocycles. The Labute approximate surface area is 79.3 Å². The van der Waals surface area contributed by atoms with Gasteiger partial charge in [0.2, 0.25) is 5.91 Å². The molecule has 0 aliphatic rings.